The first-order valence-electron chi connectivity index (χ1n) is 6.20. The molecule has 1 aliphatic rings. The molecular formula is C14H20N2O. The summed E-state index contributed by atoms with van der Waals surface area (Å²) < 4.78 is 0. The quantitative estimate of drug-likeness (QED) is 0.775. The maximum atomic E-state index is 11.3. The molecule has 3 heteroatoms. The number of piperazine rings is 1. The highest BCUT2D eigenvalue weighted by atomic mass is 16.2. The Hall–Kier alpha value is -1.35. The molecule has 1 aliphatic heterocycles. The Morgan fingerprint density at radius 1 is 1.29 bits per heavy atom. The molecule has 0 unspecified atom stereocenters. The molecule has 1 aromatic rings. The van der Waals surface area contributed by atoms with E-state index in [1.807, 2.05) is 11.0 Å². The first kappa shape index (κ1) is 12.1. The van der Waals surface area contributed by atoms with Crippen LogP contribution in [0, 0.1) is 0 Å². The number of rotatable bonds is 2. The van der Waals surface area contributed by atoms with Crippen LogP contribution in [0.4, 0.5) is 0 Å². The van der Waals surface area contributed by atoms with Gasteiger partial charge >= 0.3 is 0 Å². The van der Waals surface area contributed by atoms with Crippen molar-refractivity contribution in [3.8, 4) is 0 Å². The van der Waals surface area contributed by atoms with Gasteiger partial charge in [-0.3, -0.25) is 9.69 Å². The van der Waals surface area contributed by atoms with Crippen LogP contribution < -0.4 is 0 Å². The fourth-order valence-corrected chi connectivity index (χ4v) is 2.33. The third-order valence-electron chi connectivity index (χ3n) is 3.44. The zero-order valence-electron chi connectivity index (χ0n) is 10.6. The van der Waals surface area contributed by atoms with Crippen molar-refractivity contribution in [2.24, 2.45) is 0 Å². The number of hydrogen-bond donors (Lipinski definition) is 0. The molecule has 0 aromatic heterocycles. The van der Waals surface area contributed by atoms with Crippen LogP contribution in [-0.4, -0.2) is 41.4 Å². The molecule has 1 atom stereocenters. The topological polar surface area (TPSA) is 23.6 Å². The standard InChI is InChI=1S/C14H20N2O/c1-12-10-16(13(2)17)9-8-15(12)11-14-6-4-3-5-7-14/h3-7,12H,8-11H2,1-2H3/t12-/m1/s1. The van der Waals surface area contributed by atoms with Gasteiger partial charge in [-0.25, -0.2) is 0 Å². The van der Waals surface area contributed by atoms with Gasteiger partial charge in [-0.1, -0.05) is 30.3 Å². The summed E-state index contributed by atoms with van der Waals surface area (Å²) in [5, 5.41) is 0. The summed E-state index contributed by atoms with van der Waals surface area (Å²) in [6.45, 7) is 7.50. The molecule has 17 heavy (non-hydrogen) atoms. The van der Waals surface area contributed by atoms with Crippen molar-refractivity contribution in [2.45, 2.75) is 26.4 Å². The summed E-state index contributed by atoms with van der Waals surface area (Å²) in [5.41, 5.74) is 1.34. The van der Waals surface area contributed by atoms with Crippen LogP contribution in [0.2, 0.25) is 0 Å². The number of hydrogen-bond acceptors (Lipinski definition) is 2. The number of carbonyl (C=O) groups is 1. The zero-order valence-corrected chi connectivity index (χ0v) is 10.6. The van der Waals surface area contributed by atoms with Gasteiger partial charge in [0.05, 0.1) is 0 Å². The summed E-state index contributed by atoms with van der Waals surface area (Å²) in [4.78, 5) is 15.7. The summed E-state index contributed by atoms with van der Waals surface area (Å²) in [6.07, 6.45) is 0. The second-order valence-electron chi connectivity index (χ2n) is 4.77. The molecule has 1 heterocycles. The number of benzene rings is 1. The van der Waals surface area contributed by atoms with Crippen LogP contribution in [0.15, 0.2) is 30.3 Å². The summed E-state index contributed by atoms with van der Waals surface area (Å²) in [6, 6.07) is 10.9. The van der Waals surface area contributed by atoms with Crippen LogP contribution in [0.5, 0.6) is 0 Å². The van der Waals surface area contributed by atoms with E-state index in [1.54, 1.807) is 6.92 Å². The maximum absolute atomic E-state index is 11.3. The Bertz CT molecular complexity index is 377. The van der Waals surface area contributed by atoms with Gasteiger partial charge in [0.1, 0.15) is 0 Å². The predicted molar refractivity (Wildman–Crippen MR) is 68.6 cm³/mol. The van der Waals surface area contributed by atoms with Crippen LogP contribution >= 0.6 is 0 Å². The summed E-state index contributed by atoms with van der Waals surface area (Å²) >= 11 is 0. The minimum Gasteiger partial charge on any atom is -0.340 e. The van der Waals surface area contributed by atoms with Crippen molar-refractivity contribution in [1.29, 1.82) is 0 Å². The maximum Gasteiger partial charge on any atom is 0.219 e. The highest BCUT2D eigenvalue weighted by Gasteiger charge is 2.24. The second kappa shape index (κ2) is 5.32. The molecule has 1 aromatic carbocycles. The zero-order chi connectivity index (χ0) is 12.3. The molecule has 3 nitrogen and oxygen atoms in total. The Balaban J connectivity index is 1.94. The lowest BCUT2D eigenvalue weighted by Gasteiger charge is -2.39. The van der Waals surface area contributed by atoms with Gasteiger partial charge in [-0.05, 0) is 12.5 Å². The van der Waals surface area contributed by atoms with Crippen LogP contribution in [0.25, 0.3) is 0 Å². The van der Waals surface area contributed by atoms with Crippen LogP contribution in [0.3, 0.4) is 0 Å². The first-order valence-corrected chi connectivity index (χ1v) is 6.20. The van der Waals surface area contributed by atoms with Gasteiger partial charge in [0.2, 0.25) is 5.91 Å². The average Bonchev–Trinajstić information content (AvgIpc) is 2.33. The first-order chi connectivity index (χ1) is 8.16. The number of amides is 1. The highest BCUT2D eigenvalue weighted by molar-refractivity contribution is 5.73. The lowest BCUT2D eigenvalue weighted by Crippen LogP contribution is -2.52. The summed E-state index contributed by atoms with van der Waals surface area (Å²) in [5.74, 6) is 0.191. The van der Waals surface area contributed by atoms with E-state index < -0.39 is 0 Å². The van der Waals surface area contributed by atoms with Crippen LogP contribution in [-0.2, 0) is 11.3 Å². The molecule has 0 spiro atoms. The Morgan fingerprint density at radius 2 is 2.00 bits per heavy atom. The van der Waals surface area contributed by atoms with Gasteiger partial charge < -0.3 is 4.90 Å². The van der Waals surface area contributed by atoms with E-state index in [0.29, 0.717) is 6.04 Å². The van der Waals surface area contributed by atoms with E-state index in [-0.39, 0.29) is 5.91 Å². The molecule has 1 fully saturated rings. The van der Waals surface area contributed by atoms with Crippen molar-refractivity contribution >= 4 is 5.91 Å². The fourth-order valence-electron chi connectivity index (χ4n) is 2.33. The van der Waals surface area contributed by atoms with Gasteiger partial charge in [-0.15, -0.1) is 0 Å². The van der Waals surface area contributed by atoms with Gasteiger partial charge in [0.15, 0.2) is 0 Å². The van der Waals surface area contributed by atoms with Crippen molar-refractivity contribution < 1.29 is 4.79 Å². The second-order valence-corrected chi connectivity index (χ2v) is 4.77. The Labute approximate surface area is 103 Å². The van der Waals surface area contributed by atoms with E-state index in [0.717, 1.165) is 26.2 Å². The van der Waals surface area contributed by atoms with E-state index in [2.05, 4.69) is 36.1 Å². The van der Waals surface area contributed by atoms with E-state index >= 15 is 0 Å². The van der Waals surface area contributed by atoms with Gasteiger partial charge in [0.25, 0.3) is 0 Å². The van der Waals surface area contributed by atoms with E-state index in [9.17, 15) is 4.79 Å². The van der Waals surface area contributed by atoms with Crippen LogP contribution in [0.1, 0.15) is 19.4 Å². The van der Waals surface area contributed by atoms with Crippen molar-refractivity contribution in [2.75, 3.05) is 19.6 Å². The van der Waals surface area contributed by atoms with E-state index in [1.165, 1.54) is 5.56 Å². The Kier molecular flexibility index (Phi) is 3.79. The molecule has 0 bridgehead atoms. The van der Waals surface area contributed by atoms with E-state index in [4.69, 9.17) is 0 Å². The van der Waals surface area contributed by atoms with Crippen molar-refractivity contribution in [3.63, 3.8) is 0 Å². The molecule has 0 radical (unpaired) electrons. The molecule has 0 aliphatic carbocycles. The van der Waals surface area contributed by atoms with Gasteiger partial charge in [-0.2, -0.15) is 0 Å². The predicted octanol–water partition coefficient (Wildman–Crippen LogP) is 1.74. The minimum absolute atomic E-state index is 0.191. The monoisotopic (exact) mass is 232 g/mol. The molecule has 1 saturated heterocycles. The van der Waals surface area contributed by atoms with Crippen molar-refractivity contribution in [3.05, 3.63) is 35.9 Å². The molecule has 0 saturated carbocycles. The summed E-state index contributed by atoms with van der Waals surface area (Å²) in [7, 11) is 0. The fraction of sp³-hybridized carbons (Fsp3) is 0.500. The molecule has 92 valence electrons. The molecular weight excluding hydrogens is 212 g/mol. The molecule has 2 rings (SSSR count). The molecule has 0 N–H and O–H groups in total. The number of nitrogens with zero attached hydrogens (tertiary/aromatic N) is 2. The lowest BCUT2D eigenvalue weighted by atomic mass is 10.1. The van der Waals surface area contributed by atoms with Crippen molar-refractivity contribution in [1.82, 2.24) is 9.80 Å². The lowest BCUT2D eigenvalue weighted by molar-refractivity contribution is -0.131. The Morgan fingerprint density at radius 3 is 2.59 bits per heavy atom. The third-order valence-corrected chi connectivity index (χ3v) is 3.44. The average molecular weight is 232 g/mol. The number of carbonyl (C=O) groups excluding carboxylic acids is 1. The SMILES string of the molecule is CC(=O)N1CCN(Cc2ccccc2)[C@H](C)C1. The normalized spacial score (nSPS) is 21.5. The molecule has 1 amide bonds. The highest BCUT2D eigenvalue weighted by Crippen LogP contribution is 2.13. The van der Waals surface area contributed by atoms with Gasteiger partial charge in [0, 0.05) is 39.1 Å². The minimum atomic E-state index is 0.191. The third kappa shape index (κ3) is 3.07. The smallest absolute Gasteiger partial charge is 0.219 e. The largest absolute Gasteiger partial charge is 0.340 e.